The smallest absolute Gasteiger partial charge is 0.0543 e. The summed E-state index contributed by atoms with van der Waals surface area (Å²) in [5.41, 5.74) is 14.5. The molecular formula is C53H42N2. The zero-order valence-corrected chi connectivity index (χ0v) is 31.7. The summed E-state index contributed by atoms with van der Waals surface area (Å²) < 4.78 is 0. The summed E-state index contributed by atoms with van der Waals surface area (Å²) in [6, 6.07) is 67.3. The normalized spacial score (nSPS) is 12.9. The summed E-state index contributed by atoms with van der Waals surface area (Å²) in [5.74, 6) is 0. The minimum Gasteiger partial charge on any atom is -0.310 e. The molecule has 10 rings (SSSR count). The largest absolute Gasteiger partial charge is 0.310 e. The van der Waals surface area contributed by atoms with Crippen molar-refractivity contribution in [1.29, 1.82) is 0 Å². The van der Waals surface area contributed by atoms with Gasteiger partial charge in [0.1, 0.15) is 0 Å². The zero-order chi connectivity index (χ0) is 37.3. The van der Waals surface area contributed by atoms with Crippen molar-refractivity contribution in [2.45, 2.75) is 33.1 Å². The number of nitrogens with zero attached hydrogens (tertiary/aromatic N) is 2. The van der Waals surface area contributed by atoms with Crippen LogP contribution in [0.5, 0.6) is 0 Å². The van der Waals surface area contributed by atoms with E-state index in [2.05, 4.69) is 219 Å². The molecule has 1 aliphatic carbocycles. The summed E-state index contributed by atoms with van der Waals surface area (Å²) >= 11 is 0. The average Bonchev–Trinajstić information content (AvgIpc) is 3.44. The molecule has 0 fully saturated rings. The molecule has 264 valence electrons. The van der Waals surface area contributed by atoms with Gasteiger partial charge < -0.3 is 9.80 Å². The van der Waals surface area contributed by atoms with Gasteiger partial charge in [-0.25, -0.2) is 0 Å². The Balaban J connectivity index is 1.16. The highest BCUT2D eigenvalue weighted by atomic mass is 15.1. The van der Waals surface area contributed by atoms with E-state index in [0.29, 0.717) is 0 Å². The van der Waals surface area contributed by atoms with Crippen LogP contribution in [0.25, 0.3) is 43.4 Å². The summed E-state index contributed by atoms with van der Waals surface area (Å²) in [4.78, 5) is 4.85. The predicted molar refractivity (Wildman–Crippen MR) is 235 cm³/mol. The molecule has 0 N–H and O–H groups in total. The number of anilines is 6. The third kappa shape index (κ3) is 5.48. The van der Waals surface area contributed by atoms with E-state index in [-0.39, 0.29) is 5.41 Å². The summed E-state index contributed by atoms with van der Waals surface area (Å²) in [7, 11) is 0. The first kappa shape index (κ1) is 33.0. The summed E-state index contributed by atoms with van der Waals surface area (Å²) in [6.07, 6.45) is 0. The number of fused-ring (bicyclic) bond motifs is 7. The molecule has 0 saturated carbocycles. The maximum Gasteiger partial charge on any atom is 0.0543 e. The number of benzene rings is 9. The van der Waals surface area contributed by atoms with Crippen LogP contribution in [0.15, 0.2) is 182 Å². The highest BCUT2D eigenvalue weighted by Gasteiger charge is 2.38. The van der Waals surface area contributed by atoms with Crippen LogP contribution in [0, 0.1) is 13.8 Å². The maximum absolute atomic E-state index is 2.48. The monoisotopic (exact) mass is 706 g/mol. The van der Waals surface area contributed by atoms with E-state index in [1.165, 1.54) is 71.4 Å². The van der Waals surface area contributed by atoms with Crippen LogP contribution in [0.2, 0.25) is 0 Å². The lowest BCUT2D eigenvalue weighted by Crippen LogP contribution is -2.18. The molecule has 0 amide bonds. The molecule has 0 atom stereocenters. The van der Waals surface area contributed by atoms with Gasteiger partial charge in [0.2, 0.25) is 0 Å². The van der Waals surface area contributed by atoms with Crippen LogP contribution < -0.4 is 9.80 Å². The Kier molecular flexibility index (Phi) is 7.64. The lowest BCUT2D eigenvalue weighted by Gasteiger charge is -2.30. The molecule has 0 saturated heterocycles. The number of aryl methyl sites for hydroxylation is 2. The Hall–Kier alpha value is -6.64. The molecule has 0 radical (unpaired) electrons. The van der Waals surface area contributed by atoms with Crippen molar-refractivity contribution in [3.63, 3.8) is 0 Å². The molecule has 9 aromatic rings. The maximum atomic E-state index is 2.48. The van der Waals surface area contributed by atoms with Crippen LogP contribution in [0.4, 0.5) is 34.1 Å². The van der Waals surface area contributed by atoms with Gasteiger partial charge in [0.15, 0.2) is 0 Å². The second kappa shape index (κ2) is 12.7. The predicted octanol–water partition coefficient (Wildman–Crippen LogP) is 15.0. The highest BCUT2D eigenvalue weighted by molar-refractivity contribution is 6.10. The number of rotatable bonds is 6. The van der Waals surface area contributed by atoms with Crippen LogP contribution in [0.3, 0.4) is 0 Å². The van der Waals surface area contributed by atoms with Crippen molar-refractivity contribution in [1.82, 2.24) is 0 Å². The molecule has 0 spiro atoms. The fourth-order valence-corrected chi connectivity index (χ4v) is 8.89. The SMILES string of the molecule is Cc1ccc2cc(N(c3ccccc3)c3ccc4c(c3)C(C)(C)c3cc(N(c5ccccc5)c5ccc6cc(C)ccc6c5)c5ccccc5c3-4)ccc2c1. The van der Waals surface area contributed by atoms with Crippen molar-refractivity contribution in [2.75, 3.05) is 9.80 Å². The first-order valence-electron chi connectivity index (χ1n) is 19.3. The molecule has 0 bridgehead atoms. The van der Waals surface area contributed by atoms with Gasteiger partial charge in [0.05, 0.1) is 5.69 Å². The first-order valence-corrected chi connectivity index (χ1v) is 19.3. The van der Waals surface area contributed by atoms with Crippen molar-refractivity contribution < 1.29 is 0 Å². The Morgan fingerprint density at radius 1 is 0.364 bits per heavy atom. The van der Waals surface area contributed by atoms with Crippen LogP contribution in [-0.2, 0) is 5.41 Å². The first-order chi connectivity index (χ1) is 26.8. The standard InChI is InChI=1S/C53H42N2/c1-35-19-21-39-31-43(25-23-37(39)29-35)54(41-13-7-5-8-14-41)45-27-28-48-49(33-45)53(3,4)50-34-51(46-17-11-12-18-47(46)52(48)50)55(42-15-9-6-10-16-42)44-26-24-38-30-36(2)20-22-40(38)32-44/h5-34H,1-4H3. The molecule has 0 aliphatic heterocycles. The minimum absolute atomic E-state index is 0.258. The Morgan fingerprint density at radius 3 is 1.45 bits per heavy atom. The van der Waals surface area contributed by atoms with E-state index in [1.54, 1.807) is 0 Å². The molecular weight excluding hydrogens is 665 g/mol. The Bertz CT molecular complexity index is 2920. The quantitative estimate of drug-likeness (QED) is 0.170. The molecule has 0 heterocycles. The fraction of sp³-hybridized carbons (Fsp3) is 0.0943. The van der Waals surface area contributed by atoms with E-state index in [1.807, 2.05) is 0 Å². The van der Waals surface area contributed by atoms with Crippen LogP contribution in [-0.4, -0.2) is 0 Å². The third-order valence-electron chi connectivity index (χ3n) is 11.6. The summed E-state index contributed by atoms with van der Waals surface area (Å²) in [5, 5.41) is 7.50. The van der Waals surface area contributed by atoms with Crippen molar-refractivity contribution in [2.24, 2.45) is 0 Å². The van der Waals surface area contributed by atoms with Gasteiger partial charge >= 0.3 is 0 Å². The van der Waals surface area contributed by atoms with E-state index >= 15 is 0 Å². The molecule has 0 aromatic heterocycles. The minimum atomic E-state index is -0.258. The van der Waals surface area contributed by atoms with E-state index in [9.17, 15) is 0 Å². The lowest BCUT2D eigenvalue weighted by molar-refractivity contribution is 0.661. The van der Waals surface area contributed by atoms with Gasteiger partial charge in [-0.3, -0.25) is 0 Å². The zero-order valence-electron chi connectivity index (χ0n) is 31.7. The third-order valence-corrected chi connectivity index (χ3v) is 11.6. The second-order valence-electron chi connectivity index (χ2n) is 15.6. The van der Waals surface area contributed by atoms with Gasteiger partial charge in [-0.2, -0.15) is 0 Å². The molecule has 2 nitrogen and oxygen atoms in total. The van der Waals surface area contributed by atoms with Gasteiger partial charge in [0, 0.05) is 39.2 Å². The number of hydrogen-bond donors (Lipinski definition) is 0. The van der Waals surface area contributed by atoms with Crippen molar-refractivity contribution >= 4 is 66.4 Å². The van der Waals surface area contributed by atoms with Crippen molar-refractivity contribution in [3.05, 3.63) is 204 Å². The van der Waals surface area contributed by atoms with Gasteiger partial charge in [-0.1, -0.05) is 140 Å². The average molecular weight is 707 g/mol. The van der Waals surface area contributed by atoms with E-state index in [0.717, 1.165) is 28.4 Å². The number of para-hydroxylation sites is 2. The molecule has 55 heavy (non-hydrogen) atoms. The van der Waals surface area contributed by atoms with Crippen LogP contribution >= 0.6 is 0 Å². The highest BCUT2D eigenvalue weighted by Crippen LogP contribution is 2.55. The summed E-state index contributed by atoms with van der Waals surface area (Å²) in [6.45, 7) is 9.11. The second-order valence-corrected chi connectivity index (χ2v) is 15.6. The van der Waals surface area contributed by atoms with Crippen molar-refractivity contribution in [3.8, 4) is 11.1 Å². The van der Waals surface area contributed by atoms with E-state index in [4.69, 9.17) is 0 Å². The fourth-order valence-electron chi connectivity index (χ4n) is 8.89. The van der Waals surface area contributed by atoms with Gasteiger partial charge in [0.25, 0.3) is 0 Å². The van der Waals surface area contributed by atoms with Crippen LogP contribution in [0.1, 0.15) is 36.1 Å². The Morgan fingerprint density at radius 2 is 0.836 bits per heavy atom. The lowest BCUT2D eigenvalue weighted by atomic mass is 9.81. The van der Waals surface area contributed by atoms with Gasteiger partial charge in [-0.05, 0) is 130 Å². The molecule has 1 aliphatic rings. The Labute approximate surface area is 323 Å². The topological polar surface area (TPSA) is 6.48 Å². The van der Waals surface area contributed by atoms with E-state index < -0.39 is 0 Å². The molecule has 0 unspecified atom stereocenters. The molecule has 2 heteroatoms. The number of hydrogen-bond acceptors (Lipinski definition) is 2. The van der Waals surface area contributed by atoms with Gasteiger partial charge in [-0.15, -0.1) is 0 Å². The molecule has 9 aromatic carbocycles.